The van der Waals surface area contributed by atoms with E-state index in [0.29, 0.717) is 0 Å². The zero-order valence-corrected chi connectivity index (χ0v) is 14.0. The second-order valence-electron chi connectivity index (χ2n) is 5.56. The van der Waals surface area contributed by atoms with Crippen LogP contribution in [-0.2, 0) is 11.3 Å². The summed E-state index contributed by atoms with van der Waals surface area (Å²) in [6.45, 7) is 2.48. The number of carboxylic acids is 1. The number of hydrogen-bond donors (Lipinski definition) is 1. The van der Waals surface area contributed by atoms with E-state index in [0.717, 1.165) is 30.8 Å². The predicted molar refractivity (Wildman–Crippen MR) is 94.0 cm³/mol. The van der Waals surface area contributed by atoms with Gasteiger partial charge in [-0.05, 0) is 49.0 Å². The number of likely N-dealkylation sites (N-methyl/N-ethyl adjacent to an activating group) is 1. The molecule has 0 heterocycles. The van der Waals surface area contributed by atoms with Crippen LogP contribution in [0.5, 0.6) is 0 Å². The highest BCUT2D eigenvalue weighted by Gasteiger charge is 2.01. The lowest BCUT2D eigenvalue weighted by molar-refractivity contribution is 0.0697. The van der Waals surface area contributed by atoms with Crippen LogP contribution in [0.15, 0.2) is 48.5 Å². The van der Waals surface area contributed by atoms with Crippen molar-refractivity contribution in [1.82, 2.24) is 4.90 Å². The first-order chi connectivity index (χ1) is 11.6. The van der Waals surface area contributed by atoms with Crippen LogP contribution in [0.1, 0.15) is 27.0 Å². The molecule has 0 radical (unpaired) electrons. The standard InChI is InChI=1S/C20H21NO3/c1-21(13-14-24-2)15-18-7-5-16(6-8-18)3-4-17-9-11-19(12-10-17)20(22)23/h5-12H,13-15H2,1-2H3,(H,22,23). The van der Waals surface area contributed by atoms with Crippen LogP contribution in [0.4, 0.5) is 0 Å². The van der Waals surface area contributed by atoms with Crippen LogP contribution < -0.4 is 0 Å². The Morgan fingerprint density at radius 3 is 2.08 bits per heavy atom. The highest BCUT2D eigenvalue weighted by atomic mass is 16.5. The fraction of sp³-hybridized carbons (Fsp3) is 0.250. The molecule has 0 spiro atoms. The van der Waals surface area contributed by atoms with Gasteiger partial charge in [0.05, 0.1) is 12.2 Å². The lowest BCUT2D eigenvalue weighted by atomic mass is 10.1. The summed E-state index contributed by atoms with van der Waals surface area (Å²) < 4.78 is 5.07. The van der Waals surface area contributed by atoms with Crippen LogP contribution >= 0.6 is 0 Å². The van der Waals surface area contributed by atoms with Crippen molar-refractivity contribution in [3.63, 3.8) is 0 Å². The van der Waals surface area contributed by atoms with E-state index in [1.54, 1.807) is 31.4 Å². The largest absolute Gasteiger partial charge is 0.478 e. The summed E-state index contributed by atoms with van der Waals surface area (Å²) >= 11 is 0. The van der Waals surface area contributed by atoms with Gasteiger partial charge in [0.1, 0.15) is 0 Å². The molecule has 0 aromatic heterocycles. The van der Waals surface area contributed by atoms with E-state index in [1.807, 2.05) is 12.1 Å². The quantitative estimate of drug-likeness (QED) is 0.831. The Morgan fingerprint density at radius 1 is 1.04 bits per heavy atom. The topological polar surface area (TPSA) is 49.8 Å². The molecule has 124 valence electrons. The third-order valence-electron chi connectivity index (χ3n) is 3.57. The second-order valence-corrected chi connectivity index (χ2v) is 5.56. The fourth-order valence-electron chi connectivity index (χ4n) is 2.17. The van der Waals surface area contributed by atoms with E-state index >= 15 is 0 Å². The van der Waals surface area contributed by atoms with Gasteiger partial charge in [0.15, 0.2) is 0 Å². The first kappa shape index (κ1) is 17.7. The molecular weight excluding hydrogens is 302 g/mol. The molecule has 0 fully saturated rings. The molecule has 0 atom stereocenters. The maximum Gasteiger partial charge on any atom is 0.335 e. The molecular formula is C20H21NO3. The molecule has 0 aliphatic heterocycles. The van der Waals surface area contributed by atoms with Crippen LogP contribution in [0.2, 0.25) is 0 Å². The number of hydrogen-bond acceptors (Lipinski definition) is 3. The number of benzene rings is 2. The number of carbonyl (C=O) groups is 1. The zero-order valence-electron chi connectivity index (χ0n) is 14.0. The van der Waals surface area contributed by atoms with Crippen LogP contribution in [0.3, 0.4) is 0 Å². The third kappa shape index (κ3) is 5.54. The molecule has 0 aliphatic carbocycles. The van der Waals surface area contributed by atoms with Gasteiger partial charge in [0.2, 0.25) is 0 Å². The summed E-state index contributed by atoms with van der Waals surface area (Å²) in [5, 5.41) is 8.87. The third-order valence-corrected chi connectivity index (χ3v) is 3.57. The Labute approximate surface area is 142 Å². The van der Waals surface area contributed by atoms with E-state index in [1.165, 1.54) is 5.56 Å². The molecule has 0 unspecified atom stereocenters. The minimum absolute atomic E-state index is 0.266. The highest BCUT2D eigenvalue weighted by Crippen LogP contribution is 2.07. The van der Waals surface area contributed by atoms with Gasteiger partial charge in [-0.25, -0.2) is 4.79 Å². The van der Waals surface area contributed by atoms with Crippen molar-refractivity contribution in [3.05, 3.63) is 70.8 Å². The van der Waals surface area contributed by atoms with Crippen molar-refractivity contribution in [2.75, 3.05) is 27.3 Å². The minimum Gasteiger partial charge on any atom is -0.478 e. The van der Waals surface area contributed by atoms with Crippen LogP contribution in [0, 0.1) is 11.8 Å². The van der Waals surface area contributed by atoms with Crippen molar-refractivity contribution in [2.45, 2.75) is 6.54 Å². The Morgan fingerprint density at radius 2 is 1.58 bits per heavy atom. The fourth-order valence-corrected chi connectivity index (χ4v) is 2.17. The maximum atomic E-state index is 10.8. The Bertz CT molecular complexity index is 724. The zero-order chi connectivity index (χ0) is 17.4. The Hall–Kier alpha value is -2.61. The van der Waals surface area contributed by atoms with Crippen molar-refractivity contribution in [1.29, 1.82) is 0 Å². The summed E-state index contributed by atoms with van der Waals surface area (Å²) in [7, 11) is 3.77. The smallest absolute Gasteiger partial charge is 0.335 e. The molecule has 24 heavy (non-hydrogen) atoms. The number of methoxy groups -OCH3 is 1. The first-order valence-corrected chi connectivity index (χ1v) is 7.70. The number of rotatable bonds is 6. The molecule has 1 N–H and O–H groups in total. The van der Waals surface area contributed by atoms with E-state index in [9.17, 15) is 4.79 Å². The number of ether oxygens (including phenoxy) is 1. The minimum atomic E-state index is -0.930. The van der Waals surface area contributed by atoms with E-state index < -0.39 is 5.97 Å². The average Bonchev–Trinajstić information content (AvgIpc) is 2.59. The van der Waals surface area contributed by atoms with Gasteiger partial charge in [0.25, 0.3) is 0 Å². The molecule has 0 amide bonds. The second kappa shape index (κ2) is 8.88. The van der Waals surface area contributed by atoms with Gasteiger partial charge in [-0.15, -0.1) is 0 Å². The normalized spacial score (nSPS) is 10.3. The molecule has 4 nitrogen and oxygen atoms in total. The lowest BCUT2D eigenvalue weighted by Gasteiger charge is -2.15. The number of aromatic carboxylic acids is 1. The molecule has 0 bridgehead atoms. The van der Waals surface area contributed by atoms with Gasteiger partial charge in [-0.3, -0.25) is 4.90 Å². The van der Waals surface area contributed by atoms with Crippen molar-refractivity contribution < 1.29 is 14.6 Å². The Balaban J connectivity index is 1.98. The summed E-state index contributed by atoms with van der Waals surface area (Å²) in [6.07, 6.45) is 0. The molecule has 0 saturated heterocycles. The first-order valence-electron chi connectivity index (χ1n) is 7.70. The molecule has 2 aromatic carbocycles. The molecule has 2 rings (SSSR count). The summed E-state index contributed by atoms with van der Waals surface area (Å²) in [5.41, 5.74) is 3.22. The van der Waals surface area contributed by atoms with E-state index in [2.05, 4.69) is 35.9 Å². The highest BCUT2D eigenvalue weighted by molar-refractivity contribution is 5.87. The van der Waals surface area contributed by atoms with Crippen LogP contribution in [0.25, 0.3) is 0 Å². The molecule has 2 aromatic rings. The number of carboxylic acid groups (broad SMARTS) is 1. The van der Waals surface area contributed by atoms with Gasteiger partial charge in [-0.2, -0.15) is 0 Å². The van der Waals surface area contributed by atoms with Crippen molar-refractivity contribution >= 4 is 5.97 Å². The monoisotopic (exact) mass is 323 g/mol. The predicted octanol–water partition coefficient (Wildman–Crippen LogP) is 2.86. The lowest BCUT2D eigenvalue weighted by Crippen LogP contribution is -2.22. The van der Waals surface area contributed by atoms with Gasteiger partial charge in [0, 0.05) is 31.3 Å². The summed E-state index contributed by atoms with van der Waals surface area (Å²) in [5.74, 6) is 5.21. The van der Waals surface area contributed by atoms with Gasteiger partial charge in [-0.1, -0.05) is 24.0 Å². The SMILES string of the molecule is COCCN(C)Cc1ccc(C#Cc2ccc(C(=O)O)cc2)cc1. The summed E-state index contributed by atoms with van der Waals surface area (Å²) in [4.78, 5) is 13.0. The summed E-state index contributed by atoms with van der Waals surface area (Å²) in [6, 6.07) is 14.7. The van der Waals surface area contributed by atoms with Gasteiger partial charge < -0.3 is 9.84 Å². The molecule has 0 saturated carbocycles. The van der Waals surface area contributed by atoms with Crippen LogP contribution in [-0.4, -0.2) is 43.3 Å². The molecule has 0 aliphatic rings. The molecule has 4 heteroatoms. The Kier molecular flexibility index (Phi) is 6.56. The average molecular weight is 323 g/mol. The van der Waals surface area contributed by atoms with Crippen molar-refractivity contribution in [3.8, 4) is 11.8 Å². The number of nitrogens with zero attached hydrogens (tertiary/aromatic N) is 1. The van der Waals surface area contributed by atoms with E-state index in [-0.39, 0.29) is 5.56 Å². The van der Waals surface area contributed by atoms with E-state index in [4.69, 9.17) is 9.84 Å². The maximum absolute atomic E-state index is 10.8. The van der Waals surface area contributed by atoms with Gasteiger partial charge >= 0.3 is 5.97 Å². The van der Waals surface area contributed by atoms with Crippen molar-refractivity contribution in [2.24, 2.45) is 0 Å².